The summed E-state index contributed by atoms with van der Waals surface area (Å²) in [5.74, 6) is -1.20. The second kappa shape index (κ2) is 5.27. The maximum absolute atomic E-state index is 11.9. The Morgan fingerprint density at radius 1 is 1.11 bits per heavy atom. The molecule has 0 bridgehead atoms. The van der Waals surface area contributed by atoms with Crippen LogP contribution >= 0.6 is 0 Å². The fourth-order valence-electron chi connectivity index (χ4n) is 1.64. The smallest absolute Gasteiger partial charge is 0.303 e. The molecular formula is C13H12N2O3. The van der Waals surface area contributed by atoms with Gasteiger partial charge in [-0.3, -0.25) is 9.59 Å². The third-order valence-electron chi connectivity index (χ3n) is 2.50. The molecule has 92 valence electrons. The van der Waals surface area contributed by atoms with Crippen LogP contribution in [0.2, 0.25) is 0 Å². The summed E-state index contributed by atoms with van der Waals surface area (Å²) in [7, 11) is 0. The van der Waals surface area contributed by atoms with Crippen molar-refractivity contribution in [1.82, 2.24) is 9.78 Å². The maximum atomic E-state index is 11.9. The lowest BCUT2D eigenvalue weighted by molar-refractivity contribution is -0.136. The van der Waals surface area contributed by atoms with Crippen molar-refractivity contribution in [2.24, 2.45) is 0 Å². The van der Waals surface area contributed by atoms with Gasteiger partial charge in [-0.1, -0.05) is 18.2 Å². The number of carbonyl (C=O) groups excluding carboxylic acids is 1. The molecule has 18 heavy (non-hydrogen) atoms. The molecule has 1 heterocycles. The van der Waals surface area contributed by atoms with Crippen LogP contribution in [-0.4, -0.2) is 26.6 Å². The van der Waals surface area contributed by atoms with E-state index in [1.54, 1.807) is 6.07 Å². The minimum Gasteiger partial charge on any atom is -0.481 e. The van der Waals surface area contributed by atoms with Crippen LogP contribution < -0.4 is 0 Å². The molecule has 1 N–H and O–H groups in total. The van der Waals surface area contributed by atoms with Crippen molar-refractivity contribution in [3.05, 3.63) is 48.3 Å². The predicted molar refractivity (Wildman–Crippen MR) is 64.8 cm³/mol. The van der Waals surface area contributed by atoms with Crippen molar-refractivity contribution < 1.29 is 14.7 Å². The monoisotopic (exact) mass is 244 g/mol. The number of benzene rings is 1. The van der Waals surface area contributed by atoms with Crippen LogP contribution in [0.25, 0.3) is 5.69 Å². The number of carboxylic acids is 1. The molecular weight excluding hydrogens is 232 g/mol. The Labute approximate surface area is 104 Å². The normalized spacial score (nSPS) is 10.2. The lowest BCUT2D eigenvalue weighted by Crippen LogP contribution is -2.10. The highest BCUT2D eigenvalue weighted by Gasteiger charge is 2.14. The fourth-order valence-corrected chi connectivity index (χ4v) is 1.64. The molecule has 0 aliphatic heterocycles. The van der Waals surface area contributed by atoms with Crippen LogP contribution in [-0.2, 0) is 4.79 Å². The number of hydrogen-bond donors (Lipinski definition) is 1. The molecule has 0 fully saturated rings. The number of carbonyl (C=O) groups is 2. The number of Topliss-reactive ketones (excluding diaryl/α,β-unsaturated/α-hetero) is 1. The molecule has 5 nitrogen and oxygen atoms in total. The molecule has 1 aromatic heterocycles. The molecule has 0 radical (unpaired) electrons. The van der Waals surface area contributed by atoms with Crippen LogP contribution in [0.1, 0.15) is 23.3 Å². The Morgan fingerprint density at radius 3 is 2.50 bits per heavy atom. The summed E-state index contributed by atoms with van der Waals surface area (Å²) in [6.45, 7) is 0. The average Bonchev–Trinajstić information content (AvgIpc) is 2.86. The molecule has 0 unspecified atom stereocenters. The number of aromatic nitrogens is 2. The Bertz CT molecular complexity index is 561. The minimum atomic E-state index is -0.978. The molecule has 2 aromatic rings. The fraction of sp³-hybridized carbons (Fsp3) is 0.154. The van der Waals surface area contributed by atoms with Crippen molar-refractivity contribution in [2.75, 3.05) is 0 Å². The molecule has 2 rings (SSSR count). The maximum Gasteiger partial charge on any atom is 0.303 e. The van der Waals surface area contributed by atoms with E-state index in [2.05, 4.69) is 5.10 Å². The van der Waals surface area contributed by atoms with E-state index in [1.165, 1.54) is 10.9 Å². The zero-order chi connectivity index (χ0) is 13.0. The van der Waals surface area contributed by atoms with E-state index in [9.17, 15) is 9.59 Å². The standard InChI is InChI=1S/C13H12N2O3/c16-12(6-7-13(17)18)11-8-9-14-15(11)10-4-2-1-3-5-10/h1-5,8-9H,6-7H2,(H,17,18). The second-order valence-corrected chi connectivity index (χ2v) is 3.78. The average molecular weight is 244 g/mol. The van der Waals surface area contributed by atoms with Crippen molar-refractivity contribution >= 4 is 11.8 Å². The summed E-state index contributed by atoms with van der Waals surface area (Å²) >= 11 is 0. The van der Waals surface area contributed by atoms with Crippen LogP contribution in [0.5, 0.6) is 0 Å². The van der Waals surface area contributed by atoms with E-state index in [-0.39, 0.29) is 18.6 Å². The van der Waals surface area contributed by atoms with Crippen molar-refractivity contribution in [3.8, 4) is 5.69 Å². The summed E-state index contributed by atoms with van der Waals surface area (Å²) in [6.07, 6.45) is 1.34. The third kappa shape index (κ3) is 2.63. The summed E-state index contributed by atoms with van der Waals surface area (Å²) in [5.41, 5.74) is 1.18. The zero-order valence-electron chi connectivity index (χ0n) is 9.61. The van der Waals surface area contributed by atoms with Gasteiger partial charge in [0.05, 0.1) is 18.3 Å². The molecule has 5 heteroatoms. The summed E-state index contributed by atoms with van der Waals surface area (Å²) in [5, 5.41) is 12.7. The van der Waals surface area contributed by atoms with Crippen LogP contribution in [0, 0.1) is 0 Å². The van der Waals surface area contributed by atoms with E-state index in [1.807, 2.05) is 30.3 Å². The third-order valence-corrected chi connectivity index (χ3v) is 2.50. The number of hydrogen-bond acceptors (Lipinski definition) is 3. The number of nitrogens with zero attached hydrogens (tertiary/aromatic N) is 2. The van der Waals surface area contributed by atoms with Gasteiger partial charge in [0.15, 0.2) is 5.78 Å². The second-order valence-electron chi connectivity index (χ2n) is 3.78. The Hall–Kier alpha value is -2.43. The first-order valence-corrected chi connectivity index (χ1v) is 5.53. The van der Waals surface area contributed by atoms with Gasteiger partial charge >= 0.3 is 5.97 Å². The van der Waals surface area contributed by atoms with Gasteiger partial charge < -0.3 is 5.11 Å². The van der Waals surface area contributed by atoms with Crippen molar-refractivity contribution in [1.29, 1.82) is 0 Å². The first-order valence-electron chi connectivity index (χ1n) is 5.53. The Balaban J connectivity index is 2.23. The number of rotatable bonds is 5. The first-order chi connectivity index (χ1) is 8.68. The molecule has 0 atom stereocenters. The topological polar surface area (TPSA) is 72.2 Å². The van der Waals surface area contributed by atoms with Gasteiger partial charge in [0.2, 0.25) is 0 Å². The van der Waals surface area contributed by atoms with Gasteiger partial charge in [-0.25, -0.2) is 4.68 Å². The van der Waals surface area contributed by atoms with Gasteiger partial charge in [0, 0.05) is 6.42 Å². The van der Waals surface area contributed by atoms with E-state index in [0.29, 0.717) is 5.69 Å². The lowest BCUT2D eigenvalue weighted by Gasteiger charge is -2.05. The van der Waals surface area contributed by atoms with Gasteiger partial charge in [0.25, 0.3) is 0 Å². The SMILES string of the molecule is O=C(O)CCC(=O)c1ccnn1-c1ccccc1. The number of ketones is 1. The highest BCUT2D eigenvalue weighted by molar-refractivity contribution is 5.96. The lowest BCUT2D eigenvalue weighted by atomic mass is 10.1. The van der Waals surface area contributed by atoms with E-state index in [0.717, 1.165) is 5.69 Å². The Morgan fingerprint density at radius 2 is 1.83 bits per heavy atom. The molecule has 0 amide bonds. The van der Waals surface area contributed by atoms with Crippen LogP contribution in [0.3, 0.4) is 0 Å². The molecule has 0 spiro atoms. The molecule has 0 saturated heterocycles. The zero-order valence-corrected chi connectivity index (χ0v) is 9.61. The van der Waals surface area contributed by atoms with E-state index >= 15 is 0 Å². The number of para-hydroxylation sites is 1. The number of carboxylic acid groups (broad SMARTS) is 1. The van der Waals surface area contributed by atoms with Gasteiger partial charge in [-0.05, 0) is 18.2 Å². The molecule has 0 aliphatic rings. The number of aliphatic carboxylic acids is 1. The quantitative estimate of drug-likeness (QED) is 0.815. The molecule has 0 aliphatic carbocycles. The van der Waals surface area contributed by atoms with Gasteiger partial charge in [-0.2, -0.15) is 5.10 Å². The van der Waals surface area contributed by atoms with Crippen molar-refractivity contribution in [2.45, 2.75) is 12.8 Å². The summed E-state index contributed by atoms with van der Waals surface area (Å²) in [4.78, 5) is 22.3. The highest BCUT2D eigenvalue weighted by Crippen LogP contribution is 2.12. The molecule has 1 aromatic carbocycles. The highest BCUT2D eigenvalue weighted by atomic mass is 16.4. The van der Waals surface area contributed by atoms with Gasteiger partial charge in [-0.15, -0.1) is 0 Å². The molecule has 0 saturated carbocycles. The van der Waals surface area contributed by atoms with Crippen LogP contribution in [0.4, 0.5) is 0 Å². The van der Waals surface area contributed by atoms with E-state index < -0.39 is 5.97 Å². The summed E-state index contributed by atoms with van der Waals surface area (Å²) in [6, 6.07) is 10.8. The first kappa shape index (κ1) is 12.0. The van der Waals surface area contributed by atoms with E-state index in [4.69, 9.17) is 5.11 Å². The van der Waals surface area contributed by atoms with Gasteiger partial charge in [0.1, 0.15) is 5.69 Å². The van der Waals surface area contributed by atoms with Crippen LogP contribution in [0.15, 0.2) is 42.6 Å². The predicted octanol–water partition coefficient (Wildman–Crippen LogP) is 1.92. The van der Waals surface area contributed by atoms with Crippen molar-refractivity contribution in [3.63, 3.8) is 0 Å². The summed E-state index contributed by atoms with van der Waals surface area (Å²) < 4.78 is 1.52. The Kier molecular flexibility index (Phi) is 3.52. The minimum absolute atomic E-state index is 0.0200. The largest absolute Gasteiger partial charge is 0.481 e.